The minimum absolute atomic E-state index is 0.124. The molecule has 1 atom stereocenters. The van der Waals surface area contributed by atoms with Gasteiger partial charge in [-0.15, -0.1) is 0 Å². The molecule has 28 heavy (non-hydrogen) atoms. The summed E-state index contributed by atoms with van der Waals surface area (Å²) in [4.78, 5) is 37.3. The third-order valence-corrected chi connectivity index (χ3v) is 4.48. The van der Waals surface area contributed by atoms with E-state index in [9.17, 15) is 14.4 Å². The van der Waals surface area contributed by atoms with Crippen LogP contribution in [-0.2, 0) is 4.74 Å². The average Bonchev–Trinajstić information content (AvgIpc) is 2.66. The first-order valence-corrected chi connectivity index (χ1v) is 8.91. The van der Waals surface area contributed by atoms with Gasteiger partial charge in [0.1, 0.15) is 11.3 Å². The van der Waals surface area contributed by atoms with Gasteiger partial charge in [-0.1, -0.05) is 54.1 Å². The van der Waals surface area contributed by atoms with E-state index in [-0.39, 0.29) is 17.1 Å². The van der Waals surface area contributed by atoms with Crippen molar-refractivity contribution in [3.05, 3.63) is 104 Å². The topological polar surface area (TPSA) is 73.6 Å². The number of hydrogen-bond acceptors (Lipinski definition) is 5. The minimum Gasteiger partial charge on any atom is -0.445 e. The normalized spacial score (nSPS) is 11.7. The van der Waals surface area contributed by atoms with Crippen LogP contribution in [0.15, 0.2) is 69.9 Å². The van der Waals surface area contributed by atoms with Crippen LogP contribution < -0.4 is 5.63 Å². The fourth-order valence-corrected chi connectivity index (χ4v) is 3.02. The third-order valence-electron chi connectivity index (χ3n) is 4.23. The molecule has 3 aromatic rings. The van der Waals surface area contributed by atoms with Gasteiger partial charge in [-0.3, -0.25) is 4.79 Å². The molecule has 0 spiro atoms. The van der Waals surface area contributed by atoms with E-state index >= 15 is 0 Å². The molecule has 0 fully saturated rings. The van der Waals surface area contributed by atoms with Crippen LogP contribution in [0.4, 0.5) is 0 Å². The highest BCUT2D eigenvalue weighted by Crippen LogP contribution is 2.26. The summed E-state index contributed by atoms with van der Waals surface area (Å²) in [6.07, 6.45) is -1.17. The second kappa shape index (κ2) is 8.23. The van der Waals surface area contributed by atoms with Crippen molar-refractivity contribution in [2.75, 3.05) is 0 Å². The fraction of sp³-hybridized carbons (Fsp3) is 0.136. The maximum atomic E-state index is 13.0. The molecule has 0 amide bonds. The summed E-state index contributed by atoms with van der Waals surface area (Å²) in [5, 5.41) is 0.498. The number of Topliss-reactive ketones (excluding diaryl/α,β-unsaturated/α-hetero) is 1. The average molecular weight is 397 g/mol. The predicted octanol–water partition coefficient (Wildman–Crippen LogP) is 4.69. The maximum absolute atomic E-state index is 13.0. The molecule has 0 aliphatic heterocycles. The Hall–Kier alpha value is -3.18. The van der Waals surface area contributed by atoms with Crippen molar-refractivity contribution in [2.45, 2.75) is 20.0 Å². The van der Waals surface area contributed by atoms with Gasteiger partial charge in [0.2, 0.25) is 5.78 Å². The van der Waals surface area contributed by atoms with Gasteiger partial charge in [-0.05, 0) is 31.5 Å². The van der Waals surface area contributed by atoms with Crippen molar-refractivity contribution in [1.82, 2.24) is 0 Å². The molecule has 0 N–H and O–H groups in total. The molecule has 142 valence electrons. The van der Waals surface area contributed by atoms with Gasteiger partial charge >= 0.3 is 11.6 Å². The zero-order valence-corrected chi connectivity index (χ0v) is 16.0. The van der Waals surface area contributed by atoms with Crippen LogP contribution in [0.25, 0.3) is 0 Å². The summed E-state index contributed by atoms with van der Waals surface area (Å²) in [5.41, 5.74) is 0.879. The molecule has 0 bridgehead atoms. The van der Waals surface area contributed by atoms with Crippen LogP contribution >= 0.6 is 11.6 Å². The second-order valence-electron chi connectivity index (χ2n) is 6.25. The molecular formula is C22H17ClO5. The lowest BCUT2D eigenvalue weighted by Gasteiger charge is -2.18. The molecule has 0 saturated carbocycles. The second-order valence-corrected chi connectivity index (χ2v) is 6.68. The molecule has 1 heterocycles. The molecule has 1 aromatic heterocycles. The molecule has 5 nitrogen and oxygen atoms in total. The lowest BCUT2D eigenvalue weighted by molar-refractivity contribution is 0.0275. The minimum atomic E-state index is -1.17. The van der Waals surface area contributed by atoms with Gasteiger partial charge in [0.15, 0.2) is 6.10 Å². The number of carbonyl (C=O) groups excluding carboxylic acids is 2. The van der Waals surface area contributed by atoms with Gasteiger partial charge < -0.3 is 9.15 Å². The predicted molar refractivity (Wildman–Crippen MR) is 105 cm³/mol. The van der Waals surface area contributed by atoms with Gasteiger partial charge in [0.05, 0.1) is 0 Å². The Bertz CT molecular complexity index is 1040. The molecule has 0 aliphatic carbocycles. The lowest BCUT2D eigenvalue weighted by Crippen LogP contribution is -2.22. The standard InChI is InChI=1S/C22H17ClO5/c1-13-12-18(24)27-14(2)19(13)22(26)28-21(16-8-10-17(23)11-9-16)20(25)15-6-4-3-5-7-15/h3-12,21H,1-2H3/t21-/m0/s1. The molecule has 0 unspecified atom stereocenters. The van der Waals surface area contributed by atoms with Crippen LogP contribution in [0.2, 0.25) is 5.02 Å². The number of ketones is 1. The van der Waals surface area contributed by atoms with Crippen molar-refractivity contribution in [3.8, 4) is 0 Å². The number of rotatable bonds is 5. The Kier molecular flexibility index (Phi) is 5.76. The number of benzene rings is 2. The van der Waals surface area contributed by atoms with E-state index in [0.29, 0.717) is 21.7 Å². The largest absolute Gasteiger partial charge is 0.445 e. The number of aryl methyl sites for hydroxylation is 2. The number of esters is 1. The van der Waals surface area contributed by atoms with Gasteiger partial charge in [0, 0.05) is 22.2 Å². The summed E-state index contributed by atoms with van der Waals surface area (Å²) >= 11 is 5.94. The highest BCUT2D eigenvalue weighted by atomic mass is 35.5. The van der Waals surface area contributed by atoms with Gasteiger partial charge in [-0.25, -0.2) is 9.59 Å². The quantitative estimate of drug-likeness (QED) is 0.462. The Morgan fingerprint density at radius 1 is 1.00 bits per heavy atom. The molecule has 2 aromatic carbocycles. The number of ether oxygens (including phenoxy) is 1. The summed E-state index contributed by atoms with van der Waals surface area (Å²) in [6, 6.07) is 16.3. The third kappa shape index (κ3) is 4.21. The van der Waals surface area contributed by atoms with Crippen molar-refractivity contribution >= 4 is 23.4 Å². The summed E-state index contributed by atoms with van der Waals surface area (Å²) in [7, 11) is 0. The molecule has 0 saturated heterocycles. The first-order chi connectivity index (χ1) is 13.4. The smallest absolute Gasteiger partial charge is 0.342 e. The first-order valence-electron chi connectivity index (χ1n) is 8.54. The molecule has 0 radical (unpaired) electrons. The molecule has 6 heteroatoms. The van der Waals surface area contributed by atoms with Crippen molar-refractivity contribution in [3.63, 3.8) is 0 Å². The van der Waals surface area contributed by atoms with Crippen LogP contribution in [0, 0.1) is 13.8 Å². The monoisotopic (exact) mass is 396 g/mol. The Labute approximate surface area is 166 Å². The van der Waals surface area contributed by atoms with Crippen molar-refractivity contribution in [2.24, 2.45) is 0 Å². The van der Waals surface area contributed by atoms with E-state index in [4.69, 9.17) is 20.8 Å². The SMILES string of the molecule is Cc1cc(=O)oc(C)c1C(=O)O[C@H](C(=O)c1ccccc1)c1ccc(Cl)cc1. The number of halogens is 1. The maximum Gasteiger partial charge on any atom is 0.342 e. The van der Waals surface area contributed by atoms with E-state index in [0.717, 1.165) is 0 Å². The van der Waals surface area contributed by atoms with E-state index in [2.05, 4.69) is 0 Å². The lowest BCUT2D eigenvalue weighted by atomic mass is 9.99. The molecule has 0 aliphatic rings. The first kappa shape index (κ1) is 19.6. The Balaban J connectivity index is 2.00. The van der Waals surface area contributed by atoms with Crippen LogP contribution in [0.1, 0.15) is 43.7 Å². The number of carbonyl (C=O) groups is 2. The van der Waals surface area contributed by atoms with Gasteiger partial charge in [-0.2, -0.15) is 0 Å². The van der Waals surface area contributed by atoms with Crippen LogP contribution in [0.3, 0.4) is 0 Å². The van der Waals surface area contributed by atoms with E-state index in [1.54, 1.807) is 61.5 Å². The van der Waals surface area contributed by atoms with Crippen LogP contribution in [-0.4, -0.2) is 11.8 Å². The van der Waals surface area contributed by atoms with Crippen molar-refractivity contribution in [1.29, 1.82) is 0 Å². The van der Waals surface area contributed by atoms with E-state index in [1.165, 1.54) is 13.0 Å². The van der Waals surface area contributed by atoms with E-state index < -0.39 is 17.7 Å². The zero-order valence-electron chi connectivity index (χ0n) is 15.3. The summed E-state index contributed by atoms with van der Waals surface area (Å²) in [5.74, 6) is -0.982. The van der Waals surface area contributed by atoms with Gasteiger partial charge in [0.25, 0.3) is 0 Å². The van der Waals surface area contributed by atoms with Crippen LogP contribution in [0.5, 0.6) is 0 Å². The highest BCUT2D eigenvalue weighted by molar-refractivity contribution is 6.30. The fourth-order valence-electron chi connectivity index (χ4n) is 2.89. The van der Waals surface area contributed by atoms with Crippen molar-refractivity contribution < 1.29 is 18.7 Å². The molecular weight excluding hydrogens is 380 g/mol. The number of hydrogen-bond donors (Lipinski definition) is 0. The zero-order chi connectivity index (χ0) is 20.3. The van der Waals surface area contributed by atoms with E-state index in [1.807, 2.05) is 0 Å². The summed E-state index contributed by atoms with van der Waals surface area (Å²) in [6.45, 7) is 3.11. The Morgan fingerprint density at radius 2 is 1.64 bits per heavy atom. The summed E-state index contributed by atoms with van der Waals surface area (Å²) < 4.78 is 10.6. The highest BCUT2D eigenvalue weighted by Gasteiger charge is 2.28. The molecule has 3 rings (SSSR count). The Morgan fingerprint density at radius 3 is 2.25 bits per heavy atom.